The first-order valence-electron chi connectivity index (χ1n) is 9.48. The van der Waals surface area contributed by atoms with Crippen molar-refractivity contribution in [1.82, 2.24) is 14.9 Å². The molecular weight excluding hydrogens is 386 g/mol. The molecule has 0 N–H and O–H groups in total. The SMILES string of the molecule is CCOC(=O)CCN(Cc1cccnc1)C(=O)Cc1csc(-c2ccccc2)n1. The summed E-state index contributed by atoms with van der Waals surface area (Å²) in [7, 11) is 0. The number of esters is 1. The van der Waals surface area contributed by atoms with E-state index in [-0.39, 0.29) is 24.7 Å². The largest absolute Gasteiger partial charge is 0.466 e. The number of pyridine rings is 1. The highest BCUT2D eigenvalue weighted by atomic mass is 32.1. The Kier molecular flexibility index (Phi) is 7.47. The van der Waals surface area contributed by atoms with Gasteiger partial charge in [0.05, 0.1) is 25.1 Å². The van der Waals surface area contributed by atoms with Crippen molar-refractivity contribution < 1.29 is 14.3 Å². The third-order valence-electron chi connectivity index (χ3n) is 4.24. The van der Waals surface area contributed by atoms with Crippen molar-refractivity contribution >= 4 is 23.2 Å². The minimum absolute atomic E-state index is 0.0805. The Morgan fingerprint density at radius 1 is 1.14 bits per heavy atom. The standard InChI is InChI=1S/C22H23N3O3S/c1-2-28-21(27)10-12-25(15-17-7-6-11-23-14-17)20(26)13-19-16-29-22(24-19)18-8-4-3-5-9-18/h3-9,11,14,16H,2,10,12-13,15H2,1H3. The van der Waals surface area contributed by atoms with E-state index in [0.29, 0.717) is 19.7 Å². The number of thiazole rings is 1. The van der Waals surface area contributed by atoms with Crippen LogP contribution in [-0.2, 0) is 27.3 Å². The summed E-state index contributed by atoms with van der Waals surface area (Å²) >= 11 is 1.52. The molecule has 6 nitrogen and oxygen atoms in total. The van der Waals surface area contributed by atoms with Crippen LogP contribution < -0.4 is 0 Å². The monoisotopic (exact) mass is 409 g/mol. The van der Waals surface area contributed by atoms with E-state index >= 15 is 0 Å². The van der Waals surface area contributed by atoms with E-state index in [4.69, 9.17) is 4.74 Å². The maximum atomic E-state index is 13.0. The molecule has 7 heteroatoms. The summed E-state index contributed by atoms with van der Waals surface area (Å²) in [5, 5.41) is 2.80. The van der Waals surface area contributed by atoms with Gasteiger partial charge in [-0.05, 0) is 18.6 Å². The molecule has 2 aromatic heterocycles. The molecule has 3 rings (SSSR count). The van der Waals surface area contributed by atoms with Gasteiger partial charge in [0.25, 0.3) is 0 Å². The molecule has 3 aromatic rings. The second kappa shape index (κ2) is 10.5. The zero-order chi connectivity index (χ0) is 20.5. The molecular formula is C22H23N3O3S. The molecule has 0 aliphatic heterocycles. The number of amides is 1. The van der Waals surface area contributed by atoms with Gasteiger partial charge in [0.2, 0.25) is 5.91 Å². The molecule has 0 saturated carbocycles. The number of aromatic nitrogens is 2. The number of rotatable bonds is 9. The fraction of sp³-hybridized carbons (Fsp3) is 0.273. The van der Waals surface area contributed by atoms with Crippen LogP contribution in [0.25, 0.3) is 10.6 Å². The van der Waals surface area contributed by atoms with E-state index in [0.717, 1.165) is 21.8 Å². The minimum atomic E-state index is -0.309. The molecule has 0 fully saturated rings. The van der Waals surface area contributed by atoms with E-state index in [1.165, 1.54) is 11.3 Å². The van der Waals surface area contributed by atoms with Gasteiger partial charge in [-0.3, -0.25) is 14.6 Å². The Morgan fingerprint density at radius 3 is 2.69 bits per heavy atom. The summed E-state index contributed by atoms with van der Waals surface area (Å²) in [6, 6.07) is 13.6. The summed E-state index contributed by atoms with van der Waals surface area (Å²) in [5.41, 5.74) is 2.67. The fourth-order valence-electron chi connectivity index (χ4n) is 2.83. The molecule has 0 saturated heterocycles. The number of carbonyl (C=O) groups excluding carboxylic acids is 2. The van der Waals surface area contributed by atoms with Gasteiger partial charge < -0.3 is 9.64 Å². The first-order chi connectivity index (χ1) is 14.2. The maximum Gasteiger partial charge on any atom is 0.307 e. The smallest absolute Gasteiger partial charge is 0.307 e. The molecule has 0 aliphatic rings. The molecule has 0 spiro atoms. The lowest BCUT2D eigenvalue weighted by Crippen LogP contribution is -2.34. The van der Waals surface area contributed by atoms with E-state index in [2.05, 4.69) is 9.97 Å². The van der Waals surface area contributed by atoms with E-state index in [9.17, 15) is 9.59 Å². The van der Waals surface area contributed by atoms with Gasteiger partial charge in [-0.2, -0.15) is 0 Å². The van der Waals surface area contributed by atoms with Crippen LogP contribution in [0.4, 0.5) is 0 Å². The van der Waals surface area contributed by atoms with Crippen LogP contribution in [0.1, 0.15) is 24.6 Å². The fourth-order valence-corrected chi connectivity index (χ4v) is 3.66. The summed E-state index contributed by atoms with van der Waals surface area (Å²) < 4.78 is 4.99. The first-order valence-corrected chi connectivity index (χ1v) is 10.4. The van der Waals surface area contributed by atoms with Crippen LogP contribution >= 0.6 is 11.3 Å². The lowest BCUT2D eigenvalue weighted by Gasteiger charge is -2.22. The Labute approximate surface area is 174 Å². The van der Waals surface area contributed by atoms with Crippen molar-refractivity contribution in [3.05, 3.63) is 71.5 Å². The topological polar surface area (TPSA) is 72.4 Å². The Morgan fingerprint density at radius 2 is 1.97 bits per heavy atom. The summed E-state index contributed by atoms with van der Waals surface area (Å²) in [5.74, 6) is -0.389. The van der Waals surface area contributed by atoms with Gasteiger partial charge in [-0.1, -0.05) is 36.4 Å². The van der Waals surface area contributed by atoms with Crippen LogP contribution in [-0.4, -0.2) is 39.9 Å². The van der Waals surface area contributed by atoms with Crippen molar-refractivity contribution in [3.8, 4) is 10.6 Å². The molecule has 0 bridgehead atoms. The number of benzene rings is 1. The van der Waals surface area contributed by atoms with Gasteiger partial charge in [-0.25, -0.2) is 4.98 Å². The van der Waals surface area contributed by atoms with Gasteiger partial charge in [0, 0.05) is 36.4 Å². The van der Waals surface area contributed by atoms with Crippen LogP contribution in [0.5, 0.6) is 0 Å². The summed E-state index contributed by atoms with van der Waals surface area (Å²) in [6.07, 6.45) is 3.76. The average molecular weight is 410 g/mol. The van der Waals surface area contributed by atoms with Crippen molar-refractivity contribution in [2.45, 2.75) is 26.3 Å². The minimum Gasteiger partial charge on any atom is -0.466 e. The maximum absolute atomic E-state index is 13.0. The molecule has 1 aromatic carbocycles. The van der Waals surface area contributed by atoms with Gasteiger partial charge in [0.1, 0.15) is 5.01 Å². The van der Waals surface area contributed by atoms with Crippen molar-refractivity contribution in [2.75, 3.05) is 13.2 Å². The number of hydrogen-bond donors (Lipinski definition) is 0. The van der Waals surface area contributed by atoms with Crippen molar-refractivity contribution in [2.24, 2.45) is 0 Å². The molecule has 0 unspecified atom stereocenters. The molecule has 150 valence electrons. The van der Waals surface area contributed by atoms with Gasteiger partial charge in [-0.15, -0.1) is 11.3 Å². The van der Waals surface area contributed by atoms with Gasteiger partial charge >= 0.3 is 5.97 Å². The third-order valence-corrected chi connectivity index (χ3v) is 5.19. The lowest BCUT2D eigenvalue weighted by atomic mass is 10.2. The van der Waals surface area contributed by atoms with Crippen molar-refractivity contribution in [3.63, 3.8) is 0 Å². The molecule has 0 aliphatic carbocycles. The van der Waals surface area contributed by atoms with Crippen LogP contribution in [0, 0.1) is 0 Å². The number of nitrogens with zero attached hydrogens (tertiary/aromatic N) is 3. The van der Waals surface area contributed by atoms with Crippen molar-refractivity contribution in [1.29, 1.82) is 0 Å². The zero-order valence-corrected chi connectivity index (χ0v) is 17.1. The molecule has 0 atom stereocenters. The van der Waals surface area contributed by atoms with Crippen LogP contribution in [0.2, 0.25) is 0 Å². The highest BCUT2D eigenvalue weighted by Crippen LogP contribution is 2.23. The van der Waals surface area contributed by atoms with Crippen LogP contribution in [0.15, 0.2) is 60.2 Å². The first kappa shape index (κ1) is 20.7. The average Bonchev–Trinajstić information content (AvgIpc) is 3.21. The second-order valence-electron chi connectivity index (χ2n) is 6.42. The normalized spacial score (nSPS) is 10.5. The second-order valence-corrected chi connectivity index (χ2v) is 7.28. The lowest BCUT2D eigenvalue weighted by molar-refractivity contribution is -0.144. The number of carbonyl (C=O) groups is 2. The zero-order valence-electron chi connectivity index (χ0n) is 16.3. The predicted octanol–water partition coefficient (Wildman–Crippen LogP) is 3.73. The molecule has 0 radical (unpaired) electrons. The molecule has 2 heterocycles. The Hall–Kier alpha value is -3.06. The third kappa shape index (κ3) is 6.22. The van der Waals surface area contributed by atoms with E-state index < -0.39 is 0 Å². The highest BCUT2D eigenvalue weighted by Gasteiger charge is 2.18. The highest BCUT2D eigenvalue weighted by molar-refractivity contribution is 7.13. The number of ether oxygens (including phenoxy) is 1. The summed E-state index contributed by atoms with van der Waals surface area (Å²) in [6.45, 7) is 2.78. The van der Waals surface area contributed by atoms with E-state index in [1.807, 2.05) is 47.8 Å². The Bertz CT molecular complexity index is 929. The number of hydrogen-bond acceptors (Lipinski definition) is 6. The molecule has 1 amide bonds. The molecule has 29 heavy (non-hydrogen) atoms. The van der Waals surface area contributed by atoms with E-state index in [1.54, 1.807) is 24.2 Å². The quantitative estimate of drug-likeness (QED) is 0.504. The Balaban J connectivity index is 1.68. The van der Waals surface area contributed by atoms with Crippen LogP contribution in [0.3, 0.4) is 0 Å². The predicted molar refractivity (Wildman–Crippen MR) is 112 cm³/mol. The summed E-state index contributed by atoms with van der Waals surface area (Å²) in [4.78, 5) is 35.1. The van der Waals surface area contributed by atoms with Gasteiger partial charge in [0.15, 0.2) is 0 Å².